The standard InChI is InChI=1S/C17H15F3N2O3/c18-17(19,20)11-5-3-10(4-6-11)13-8-12(23)9-22(13)16(25)15-14(24)2-1-7-21-15/h1-7,12-13,23-24H,8-9H2/t12-,13-/m0/s1. The van der Waals surface area contributed by atoms with Crippen LogP contribution < -0.4 is 0 Å². The van der Waals surface area contributed by atoms with E-state index in [-0.39, 0.29) is 24.4 Å². The number of aromatic nitrogens is 1. The topological polar surface area (TPSA) is 73.7 Å². The molecule has 25 heavy (non-hydrogen) atoms. The SMILES string of the molecule is O=C(c1ncccc1O)N1C[C@@H](O)C[C@H]1c1ccc(C(F)(F)F)cc1. The summed E-state index contributed by atoms with van der Waals surface area (Å²) in [5, 5.41) is 19.7. The van der Waals surface area contributed by atoms with Gasteiger partial charge in [-0.15, -0.1) is 0 Å². The van der Waals surface area contributed by atoms with Gasteiger partial charge in [0, 0.05) is 12.7 Å². The first-order valence-corrected chi connectivity index (χ1v) is 7.57. The van der Waals surface area contributed by atoms with Gasteiger partial charge < -0.3 is 15.1 Å². The Morgan fingerprint density at radius 1 is 1.20 bits per heavy atom. The fourth-order valence-electron chi connectivity index (χ4n) is 2.95. The van der Waals surface area contributed by atoms with Crippen molar-refractivity contribution in [3.05, 3.63) is 59.4 Å². The number of aromatic hydroxyl groups is 1. The molecule has 1 fully saturated rings. The van der Waals surface area contributed by atoms with Gasteiger partial charge in [0.2, 0.25) is 0 Å². The number of carbonyl (C=O) groups excluding carboxylic acids is 1. The van der Waals surface area contributed by atoms with E-state index in [1.54, 1.807) is 0 Å². The van der Waals surface area contributed by atoms with Crippen molar-refractivity contribution >= 4 is 5.91 Å². The molecular formula is C17H15F3N2O3. The molecule has 2 aromatic rings. The molecular weight excluding hydrogens is 337 g/mol. The fraction of sp³-hybridized carbons (Fsp3) is 0.294. The van der Waals surface area contributed by atoms with Gasteiger partial charge in [0.15, 0.2) is 5.69 Å². The molecule has 0 spiro atoms. The molecule has 2 N–H and O–H groups in total. The van der Waals surface area contributed by atoms with E-state index in [9.17, 15) is 28.2 Å². The van der Waals surface area contributed by atoms with Crippen LogP contribution in [0, 0.1) is 0 Å². The van der Waals surface area contributed by atoms with E-state index in [0.717, 1.165) is 12.1 Å². The Labute approximate surface area is 141 Å². The van der Waals surface area contributed by atoms with Crippen LogP contribution >= 0.6 is 0 Å². The Hall–Kier alpha value is -2.61. The molecule has 1 aliphatic heterocycles. The highest BCUT2D eigenvalue weighted by atomic mass is 19.4. The normalized spacial score (nSPS) is 20.7. The van der Waals surface area contributed by atoms with Crippen molar-refractivity contribution in [2.24, 2.45) is 0 Å². The van der Waals surface area contributed by atoms with E-state index in [0.29, 0.717) is 5.56 Å². The number of pyridine rings is 1. The molecule has 0 saturated carbocycles. The Morgan fingerprint density at radius 3 is 2.48 bits per heavy atom. The van der Waals surface area contributed by atoms with Crippen LogP contribution in [0.4, 0.5) is 13.2 Å². The number of nitrogens with zero attached hydrogens (tertiary/aromatic N) is 2. The lowest BCUT2D eigenvalue weighted by Gasteiger charge is -2.25. The Bertz CT molecular complexity index is 777. The summed E-state index contributed by atoms with van der Waals surface area (Å²) in [5.41, 5.74) is -0.461. The highest BCUT2D eigenvalue weighted by Crippen LogP contribution is 2.36. The van der Waals surface area contributed by atoms with Crippen LogP contribution in [0.15, 0.2) is 42.6 Å². The van der Waals surface area contributed by atoms with Gasteiger partial charge in [0.1, 0.15) is 5.75 Å². The number of amides is 1. The third-order valence-corrected chi connectivity index (χ3v) is 4.15. The number of benzene rings is 1. The summed E-state index contributed by atoms with van der Waals surface area (Å²) in [7, 11) is 0. The maximum absolute atomic E-state index is 12.7. The molecule has 1 saturated heterocycles. The number of hydrogen-bond acceptors (Lipinski definition) is 4. The van der Waals surface area contributed by atoms with E-state index in [1.807, 2.05) is 0 Å². The monoisotopic (exact) mass is 352 g/mol. The molecule has 3 rings (SSSR count). The molecule has 1 aliphatic rings. The van der Waals surface area contributed by atoms with Crippen LogP contribution in [0.5, 0.6) is 5.75 Å². The summed E-state index contributed by atoms with van der Waals surface area (Å²) in [6.07, 6.45) is -3.69. The van der Waals surface area contributed by atoms with E-state index in [4.69, 9.17) is 0 Å². The number of halogens is 3. The van der Waals surface area contributed by atoms with Crippen LogP contribution in [0.2, 0.25) is 0 Å². The molecule has 2 heterocycles. The summed E-state index contributed by atoms with van der Waals surface area (Å²) in [6, 6.07) is 6.68. The molecule has 0 radical (unpaired) electrons. The summed E-state index contributed by atoms with van der Waals surface area (Å²) < 4.78 is 38.1. The summed E-state index contributed by atoms with van der Waals surface area (Å²) in [5.74, 6) is -0.875. The minimum Gasteiger partial charge on any atom is -0.505 e. The lowest BCUT2D eigenvalue weighted by molar-refractivity contribution is -0.137. The number of rotatable bonds is 2. The van der Waals surface area contributed by atoms with E-state index in [1.165, 1.54) is 35.4 Å². The predicted molar refractivity (Wildman–Crippen MR) is 81.7 cm³/mol. The zero-order chi connectivity index (χ0) is 18.2. The molecule has 0 bridgehead atoms. The Balaban J connectivity index is 1.90. The molecule has 132 valence electrons. The average Bonchev–Trinajstić information content (AvgIpc) is 2.96. The zero-order valence-corrected chi connectivity index (χ0v) is 12.9. The second-order valence-corrected chi connectivity index (χ2v) is 5.85. The van der Waals surface area contributed by atoms with Gasteiger partial charge in [-0.25, -0.2) is 4.98 Å². The quantitative estimate of drug-likeness (QED) is 0.872. The second kappa shape index (κ2) is 6.36. The van der Waals surface area contributed by atoms with Crippen LogP contribution in [0.25, 0.3) is 0 Å². The van der Waals surface area contributed by atoms with Crippen LogP contribution in [-0.2, 0) is 6.18 Å². The van der Waals surface area contributed by atoms with Crippen LogP contribution in [-0.4, -0.2) is 38.7 Å². The lowest BCUT2D eigenvalue weighted by Crippen LogP contribution is -2.32. The number of aliphatic hydroxyl groups excluding tert-OH is 1. The van der Waals surface area contributed by atoms with Crippen LogP contribution in [0.3, 0.4) is 0 Å². The molecule has 5 nitrogen and oxygen atoms in total. The van der Waals surface area contributed by atoms with Crippen molar-refractivity contribution in [3.63, 3.8) is 0 Å². The minimum absolute atomic E-state index is 0.0144. The van der Waals surface area contributed by atoms with Crippen molar-refractivity contribution < 1.29 is 28.2 Å². The smallest absolute Gasteiger partial charge is 0.416 e. The first-order valence-electron chi connectivity index (χ1n) is 7.57. The van der Waals surface area contributed by atoms with Gasteiger partial charge >= 0.3 is 6.18 Å². The molecule has 1 aromatic carbocycles. The number of carbonyl (C=O) groups is 1. The largest absolute Gasteiger partial charge is 0.505 e. The Kier molecular flexibility index (Phi) is 4.38. The highest BCUT2D eigenvalue weighted by molar-refractivity contribution is 5.95. The van der Waals surface area contributed by atoms with E-state index >= 15 is 0 Å². The molecule has 1 aromatic heterocycles. The molecule has 2 atom stereocenters. The number of aliphatic hydroxyl groups is 1. The highest BCUT2D eigenvalue weighted by Gasteiger charge is 2.37. The Morgan fingerprint density at radius 2 is 1.88 bits per heavy atom. The number of alkyl halides is 3. The summed E-state index contributed by atoms with van der Waals surface area (Å²) in [4.78, 5) is 17.8. The fourth-order valence-corrected chi connectivity index (χ4v) is 2.95. The van der Waals surface area contributed by atoms with Crippen molar-refractivity contribution in [2.45, 2.75) is 24.7 Å². The predicted octanol–water partition coefficient (Wildman–Crippen LogP) is 2.75. The molecule has 8 heteroatoms. The first-order chi connectivity index (χ1) is 11.8. The molecule has 0 aliphatic carbocycles. The van der Waals surface area contributed by atoms with Gasteiger partial charge in [0.05, 0.1) is 17.7 Å². The molecule has 1 amide bonds. The van der Waals surface area contributed by atoms with Crippen LogP contribution in [0.1, 0.15) is 34.1 Å². The second-order valence-electron chi connectivity index (χ2n) is 5.85. The van der Waals surface area contributed by atoms with Gasteiger partial charge in [0.25, 0.3) is 5.91 Å². The average molecular weight is 352 g/mol. The van der Waals surface area contributed by atoms with Gasteiger partial charge in [-0.1, -0.05) is 12.1 Å². The summed E-state index contributed by atoms with van der Waals surface area (Å²) >= 11 is 0. The van der Waals surface area contributed by atoms with Crippen molar-refractivity contribution in [3.8, 4) is 5.75 Å². The summed E-state index contributed by atoms with van der Waals surface area (Å²) in [6.45, 7) is 0.0144. The maximum atomic E-state index is 12.7. The third kappa shape index (κ3) is 3.43. The van der Waals surface area contributed by atoms with Gasteiger partial charge in [-0.3, -0.25) is 4.79 Å². The number of hydrogen-bond donors (Lipinski definition) is 2. The van der Waals surface area contributed by atoms with Crippen molar-refractivity contribution in [1.82, 2.24) is 9.88 Å². The number of likely N-dealkylation sites (tertiary alicyclic amines) is 1. The van der Waals surface area contributed by atoms with Crippen molar-refractivity contribution in [1.29, 1.82) is 0 Å². The number of β-amino-alcohol motifs (C(OH)–C–C–N with tert-alkyl or cyclic N) is 1. The van der Waals surface area contributed by atoms with Crippen molar-refractivity contribution in [2.75, 3.05) is 6.54 Å². The molecule has 0 unspecified atom stereocenters. The van der Waals surface area contributed by atoms with Gasteiger partial charge in [-0.2, -0.15) is 13.2 Å². The third-order valence-electron chi connectivity index (χ3n) is 4.15. The zero-order valence-electron chi connectivity index (χ0n) is 12.9. The lowest BCUT2D eigenvalue weighted by atomic mass is 10.0. The van der Waals surface area contributed by atoms with Gasteiger partial charge in [-0.05, 0) is 36.2 Å². The maximum Gasteiger partial charge on any atom is 0.416 e. The van der Waals surface area contributed by atoms with E-state index in [2.05, 4.69) is 4.98 Å². The van der Waals surface area contributed by atoms with E-state index < -0.39 is 29.8 Å². The first kappa shape index (κ1) is 17.2. The minimum atomic E-state index is -4.44.